The molecule has 0 atom stereocenters. The zero-order valence-corrected chi connectivity index (χ0v) is 11.6. The molecule has 0 spiro atoms. The van der Waals surface area contributed by atoms with E-state index in [2.05, 4.69) is 43.4 Å². The first-order valence-corrected chi connectivity index (χ1v) is 6.41. The van der Waals surface area contributed by atoms with Crippen molar-refractivity contribution in [3.05, 3.63) is 64.2 Å². The van der Waals surface area contributed by atoms with Gasteiger partial charge in [0.05, 0.1) is 11.3 Å². The Morgan fingerprint density at radius 3 is 2.58 bits per heavy atom. The van der Waals surface area contributed by atoms with Crippen LogP contribution in [0.2, 0.25) is 0 Å². The highest BCUT2D eigenvalue weighted by atomic mass is 14.9. The van der Waals surface area contributed by atoms with Gasteiger partial charge >= 0.3 is 0 Å². The van der Waals surface area contributed by atoms with Gasteiger partial charge in [-0.1, -0.05) is 35.9 Å². The van der Waals surface area contributed by atoms with Crippen molar-refractivity contribution in [2.24, 2.45) is 0 Å². The van der Waals surface area contributed by atoms with Gasteiger partial charge in [0.2, 0.25) is 0 Å². The van der Waals surface area contributed by atoms with Gasteiger partial charge in [-0.05, 0) is 43.5 Å². The summed E-state index contributed by atoms with van der Waals surface area (Å²) >= 11 is 0. The first-order valence-electron chi connectivity index (χ1n) is 6.41. The summed E-state index contributed by atoms with van der Waals surface area (Å²) in [4.78, 5) is 0. The van der Waals surface area contributed by atoms with Crippen molar-refractivity contribution in [2.45, 2.75) is 27.3 Å². The third-order valence-corrected chi connectivity index (χ3v) is 3.36. The molecule has 0 heterocycles. The average molecular weight is 250 g/mol. The highest BCUT2D eigenvalue weighted by Gasteiger charge is 2.05. The van der Waals surface area contributed by atoms with E-state index < -0.39 is 0 Å². The van der Waals surface area contributed by atoms with Crippen molar-refractivity contribution in [1.82, 2.24) is 0 Å². The smallest absolute Gasteiger partial charge is 0.102 e. The fraction of sp³-hybridized carbons (Fsp3) is 0.235. The lowest BCUT2D eigenvalue weighted by Crippen LogP contribution is -2.04. The molecule has 0 unspecified atom stereocenters. The van der Waals surface area contributed by atoms with Gasteiger partial charge < -0.3 is 5.32 Å². The number of nitriles is 1. The van der Waals surface area contributed by atoms with E-state index in [4.69, 9.17) is 0 Å². The van der Waals surface area contributed by atoms with Crippen molar-refractivity contribution in [1.29, 1.82) is 5.26 Å². The van der Waals surface area contributed by atoms with Crippen LogP contribution >= 0.6 is 0 Å². The van der Waals surface area contributed by atoms with Crippen molar-refractivity contribution in [2.75, 3.05) is 5.32 Å². The highest BCUT2D eigenvalue weighted by Crippen LogP contribution is 2.20. The van der Waals surface area contributed by atoms with Crippen molar-refractivity contribution in [3.63, 3.8) is 0 Å². The topological polar surface area (TPSA) is 35.8 Å². The minimum absolute atomic E-state index is 0.729. The zero-order valence-electron chi connectivity index (χ0n) is 11.6. The summed E-state index contributed by atoms with van der Waals surface area (Å²) in [6, 6.07) is 14.6. The summed E-state index contributed by atoms with van der Waals surface area (Å²) in [5.74, 6) is 0. The molecule has 0 aliphatic heterocycles. The molecule has 0 aliphatic carbocycles. The maximum absolute atomic E-state index is 9.21. The third kappa shape index (κ3) is 2.95. The quantitative estimate of drug-likeness (QED) is 0.890. The van der Waals surface area contributed by atoms with Crippen LogP contribution in [-0.4, -0.2) is 0 Å². The molecular formula is C17H18N2. The van der Waals surface area contributed by atoms with E-state index in [9.17, 15) is 5.26 Å². The van der Waals surface area contributed by atoms with Gasteiger partial charge in [-0.2, -0.15) is 5.26 Å². The molecule has 2 aromatic rings. The number of benzene rings is 2. The second kappa shape index (κ2) is 5.58. The molecule has 0 aromatic heterocycles. The molecule has 2 aromatic carbocycles. The average Bonchev–Trinajstić information content (AvgIpc) is 2.40. The van der Waals surface area contributed by atoms with Gasteiger partial charge in [0.1, 0.15) is 6.07 Å². The number of hydrogen-bond donors (Lipinski definition) is 1. The Morgan fingerprint density at radius 2 is 1.84 bits per heavy atom. The lowest BCUT2D eigenvalue weighted by atomic mass is 10.0. The molecule has 0 radical (unpaired) electrons. The molecule has 2 heteroatoms. The molecular weight excluding hydrogens is 232 g/mol. The van der Waals surface area contributed by atoms with Crippen LogP contribution in [0, 0.1) is 32.1 Å². The number of aryl methyl sites for hydroxylation is 3. The van der Waals surface area contributed by atoms with Crippen molar-refractivity contribution in [3.8, 4) is 6.07 Å². The van der Waals surface area contributed by atoms with E-state index in [0.717, 1.165) is 23.4 Å². The maximum atomic E-state index is 9.21. The Balaban J connectivity index is 2.22. The maximum Gasteiger partial charge on any atom is 0.102 e. The fourth-order valence-corrected chi connectivity index (χ4v) is 2.14. The molecule has 2 nitrogen and oxygen atoms in total. The van der Waals surface area contributed by atoms with Gasteiger partial charge in [0.25, 0.3) is 0 Å². The Kier molecular flexibility index (Phi) is 3.87. The van der Waals surface area contributed by atoms with Crippen LogP contribution in [0.5, 0.6) is 0 Å². The first kappa shape index (κ1) is 13.2. The van der Waals surface area contributed by atoms with Crippen LogP contribution in [0.4, 0.5) is 5.69 Å². The monoisotopic (exact) mass is 250 g/mol. The Morgan fingerprint density at radius 1 is 1.05 bits per heavy atom. The van der Waals surface area contributed by atoms with E-state index in [1.807, 2.05) is 25.1 Å². The second-order valence-corrected chi connectivity index (χ2v) is 4.89. The molecule has 2 rings (SSSR count). The molecule has 1 N–H and O–H groups in total. The summed E-state index contributed by atoms with van der Waals surface area (Å²) in [6.07, 6.45) is 0. The Hall–Kier alpha value is -2.27. The van der Waals surface area contributed by atoms with E-state index in [0.29, 0.717) is 0 Å². The van der Waals surface area contributed by atoms with Gasteiger partial charge in [0, 0.05) is 6.54 Å². The third-order valence-electron chi connectivity index (χ3n) is 3.36. The number of hydrogen-bond acceptors (Lipinski definition) is 2. The summed E-state index contributed by atoms with van der Waals surface area (Å²) in [7, 11) is 0. The van der Waals surface area contributed by atoms with Crippen LogP contribution < -0.4 is 5.32 Å². The van der Waals surface area contributed by atoms with E-state index >= 15 is 0 Å². The van der Waals surface area contributed by atoms with Gasteiger partial charge in [-0.15, -0.1) is 0 Å². The van der Waals surface area contributed by atoms with Gasteiger partial charge in [-0.3, -0.25) is 0 Å². The molecule has 19 heavy (non-hydrogen) atoms. The standard InChI is InChI=1S/C17H18N2/c1-12-7-8-13(2)15(9-12)11-19-17-6-4-5-14(3)16(17)10-18/h4-9,19H,11H2,1-3H3. The molecule has 0 fully saturated rings. The second-order valence-electron chi connectivity index (χ2n) is 4.89. The van der Waals surface area contributed by atoms with Gasteiger partial charge in [-0.25, -0.2) is 0 Å². The van der Waals surface area contributed by atoms with Crippen LogP contribution in [0.3, 0.4) is 0 Å². The molecule has 0 saturated carbocycles. The van der Waals surface area contributed by atoms with Crippen LogP contribution in [-0.2, 0) is 6.54 Å². The fourth-order valence-electron chi connectivity index (χ4n) is 2.14. The van der Waals surface area contributed by atoms with Crippen LogP contribution in [0.25, 0.3) is 0 Å². The minimum Gasteiger partial charge on any atom is -0.380 e. The molecule has 0 amide bonds. The summed E-state index contributed by atoms with van der Waals surface area (Å²) in [6.45, 7) is 6.90. The zero-order chi connectivity index (χ0) is 13.8. The number of anilines is 1. The van der Waals surface area contributed by atoms with Gasteiger partial charge in [0.15, 0.2) is 0 Å². The molecule has 0 aliphatic rings. The first-order chi connectivity index (χ1) is 9.11. The van der Waals surface area contributed by atoms with Crippen LogP contribution in [0.15, 0.2) is 36.4 Å². The summed E-state index contributed by atoms with van der Waals surface area (Å²) in [5, 5.41) is 12.6. The summed E-state index contributed by atoms with van der Waals surface area (Å²) < 4.78 is 0. The lowest BCUT2D eigenvalue weighted by molar-refractivity contribution is 1.11. The number of nitrogens with one attached hydrogen (secondary N) is 1. The SMILES string of the molecule is Cc1ccc(C)c(CNc2cccc(C)c2C#N)c1. The Labute approximate surface area is 114 Å². The van der Waals surface area contributed by atoms with Crippen molar-refractivity contribution < 1.29 is 0 Å². The molecule has 0 saturated heterocycles. The van der Waals surface area contributed by atoms with E-state index in [-0.39, 0.29) is 0 Å². The highest BCUT2D eigenvalue weighted by molar-refractivity contribution is 5.60. The molecule has 96 valence electrons. The summed E-state index contributed by atoms with van der Waals surface area (Å²) in [5.41, 5.74) is 6.44. The minimum atomic E-state index is 0.729. The Bertz CT molecular complexity index is 636. The van der Waals surface area contributed by atoms with Crippen LogP contribution in [0.1, 0.15) is 27.8 Å². The van der Waals surface area contributed by atoms with E-state index in [1.165, 1.54) is 16.7 Å². The predicted octanol–water partition coefficient (Wildman–Crippen LogP) is 4.10. The predicted molar refractivity (Wildman–Crippen MR) is 79.1 cm³/mol. The van der Waals surface area contributed by atoms with E-state index in [1.54, 1.807) is 0 Å². The number of rotatable bonds is 3. The number of nitrogens with zero attached hydrogens (tertiary/aromatic N) is 1. The largest absolute Gasteiger partial charge is 0.380 e. The lowest BCUT2D eigenvalue weighted by Gasteiger charge is -2.12. The molecule has 0 bridgehead atoms. The van der Waals surface area contributed by atoms with Crippen molar-refractivity contribution >= 4 is 5.69 Å². The normalized spacial score (nSPS) is 10.0.